The molecular weight excluding hydrogens is 180 g/mol. The standard InChI is InChI=1S/ClH2O3P.Zn/c1-5(2,3)4;/h(H2,2,3,4);/q;+2/p-2. The zero-order valence-electron chi connectivity index (χ0n) is 2.76. The second-order valence-corrected chi connectivity index (χ2v) is 2.53. The van der Waals surface area contributed by atoms with Gasteiger partial charge in [0.15, 0.2) is 0 Å². The maximum atomic E-state index is 8.87. The minimum absolute atomic E-state index is 0. The van der Waals surface area contributed by atoms with Gasteiger partial charge in [-0.3, -0.25) is 0 Å². The largest absolute Gasteiger partial charge is 2.00 e. The molecule has 0 aliphatic heterocycles. The van der Waals surface area contributed by atoms with Crippen LogP contribution in [0.25, 0.3) is 0 Å². The van der Waals surface area contributed by atoms with E-state index in [1.807, 2.05) is 0 Å². The van der Waals surface area contributed by atoms with Crippen LogP contribution in [-0.2, 0) is 24.0 Å². The van der Waals surface area contributed by atoms with Gasteiger partial charge in [-0.2, -0.15) is 0 Å². The van der Waals surface area contributed by atoms with Gasteiger partial charge in [-0.1, -0.05) is 11.2 Å². The van der Waals surface area contributed by atoms with E-state index in [0.29, 0.717) is 0 Å². The van der Waals surface area contributed by atoms with Crippen molar-refractivity contribution >= 4 is 18.2 Å². The van der Waals surface area contributed by atoms with Crippen molar-refractivity contribution in [2.45, 2.75) is 0 Å². The topological polar surface area (TPSA) is 63.2 Å². The van der Waals surface area contributed by atoms with E-state index in [9.17, 15) is 0 Å². The van der Waals surface area contributed by atoms with Crippen LogP contribution in [-0.4, -0.2) is 0 Å². The van der Waals surface area contributed by atoms with Crippen molar-refractivity contribution in [1.82, 2.24) is 0 Å². The van der Waals surface area contributed by atoms with Crippen LogP contribution >= 0.6 is 18.2 Å². The molecule has 3 nitrogen and oxygen atoms in total. The van der Waals surface area contributed by atoms with Gasteiger partial charge < -0.3 is 14.4 Å². The molecule has 0 fully saturated rings. The molecule has 0 N–H and O–H groups in total. The van der Waals surface area contributed by atoms with Crippen molar-refractivity contribution in [1.29, 1.82) is 0 Å². The first kappa shape index (κ1) is 10.1. The maximum absolute atomic E-state index is 8.87. The molecule has 6 heavy (non-hydrogen) atoms. The van der Waals surface area contributed by atoms with E-state index in [-0.39, 0.29) is 19.5 Å². The summed E-state index contributed by atoms with van der Waals surface area (Å²) >= 11 is 3.97. The Hall–Kier alpha value is 1.06. The van der Waals surface area contributed by atoms with Crippen LogP contribution in [0, 0.1) is 0 Å². The molecule has 0 aliphatic carbocycles. The van der Waals surface area contributed by atoms with E-state index in [0.717, 1.165) is 0 Å². The van der Waals surface area contributed by atoms with Crippen LogP contribution in [0.1, 0.15) is 0 Å². The van der Waals surface area contributed by atoms with Gasteiger partial charge in [0.25, 0.3) is 0 Å². The molecule has 0 saturated heterocycles. The Balaban J connectivity index is 0. The second-order valence-electron chi connectivity index (χ2n) is 0.431. The molecule has 0 spiro atoms. The Kier molecular flexibility index (Phi) is 5.26. The van der Waals surface area contributed by atoms with Gasteiger partial charge in [0, 0.05) is 6.95 Å². The fourth-order valence-electron chi connectivity index (χ4n) is 0. The van der Waals surface area contributed by atoms with Crippen molar-refractivity contribution in [3.05, 3.63) is 0 Å². The Morgan fingerprint density at radius 3 is 1.50 bits per heavy atom. The van der Waals surface area contributed by atoms with Crippen molar-refractivity contribution in [2.75, 3.05) is 0 Å². The predicted molar refractivity (Wildman–Crippen MR) is 13.5 cm³/mol. The van der Waals surface area contributed by atoms with Crippen LogP contribution in [0.5, 0.6) is 0 Å². The van der Waals surface area contributed by atoms with Crippen LogP contribution in [0.15, 0.2) is 0 Å². The fourth-order valence-corrected chi connectivity index (χ4v) is 0. The maximum Gasteiger partial charge on any atom is 2.00 e. The number of hydrogen-bond acceptors (Lipinski definition) is 3. The molecule has 0 atom stereocenters. The molecule has 0 bridgehead atoms. The normalized spacial score (nSPS) is 9.83. The van der Waals surface area contributed by atoms with Gasteiger partial charge in [-0.05, 0) is 0 Å². The molecule has 6 heteroatoms. The first-order valence-electron chi connectivity index (χ1n) is 0.717. The van der Waals surface area contributed by atoms with Crippen molar-refractivity contribution in [2.24, 2.45) is 0 Å². The number of halogens is 1. The first-order valence-corrected chi connectivity index (χ1v) is 3.16. The van der Waals surface area contributed by atoms with E-state index in [4.69, 9.17) is 14.4 Å². The van der Waals surface area contributed by atoms with Crippen LogP contribution < -0.4 is 9.79 Å². The summed E-state index contributed by atoms with van der Waals surface area (Å²) in [5.74, 6) is 0. The van der Waals surface area contributed by atoms with E-state index < -0.39 is 6.95 Å². The van der Waals surface area contributed by atoms with Crippen molar-refractivity contribution in [3.63, 3.8) is 0 Å². The SMILES string of the molecule is O=P([O-])([O-])Cl.[Zn+2]. The third-order valence-electron chi connectivity index (χ3n) is 0. The minimum atomic E-state index is -4.67. The van der Waals surface area contributed by atoms with Gasteiger partial charge in [-0.15, -0.1) is 0 Å². The molecule has 0 unspecified atom stereocenters. The van der Waals surface area contributed by atoms with E-state index >= 15 is 0 Å². The summed E-state index contributed by atoms with van der Waals surface area (Å²) in [5.41, 5.74) is 0. The third kappa shape index (κ3) is 73.9. The second kappa shape index (κ2) is 3.12. The minimum Gasteiger partial charge on any atom is -0.799 e. The molecular formula is ClO3PZn. The van der Waals surface area contributed by atoms with Crippen molar-refractivity contribution in [3.8, 4) is 0 Å². The predicted octanol–water partition coefficient (Wildman–Crippen LogP) is -0.949. The van der Waals surface area contributed by atoms with Crippen LogP contribution in [0.4, 0.5) is 0 Å². The fraction of sp³-hybridized carbons (Fsp3) is 0. The van der Waals surface area contributed by atoms with Gasteiger partial charge in [0.1, 0.15) is 0 Å². The van der Waals surface area contributed by atoms with E-state index in [1.165, 1.54) is 0 Å². The summed E-state index contributed by atoms with van der Waals surface area (Å²) in [4.78, 5) is 17.7. The smallest absolute Gasteiger partial charge is 0.799 e. The summed E-state index contributed by atoms with van der Waals surface area (Å²) in [6.07, 6.45) is 0. The zero-order valence-corrected chi connectivity index (χ0v) is 7.37. The Morgan fingerprint density at radius 1 is 1.50 bits per heavy atom. The molecule has 0 amide bonds. The molecule has 32 valence electrons. The average molecular weight is 180 g/mol. The summed E-state index contributed by atoms with van der Waals surface area (Å²) in [6, 6.07) is 0. The molecule has 0 aromatic carbocycles. The quantitative estimate of drug-likeness (QED) is 0.356. The van der Waals surface area contributed by atoms with Crippen LogP contribution in [0.2, 0.25) is 0 Å². The van der Waals surface area contributed by atoms with E-state index in [2.05, 4.69) is 11.2 Å². The summed E-state index contributed by atoms with van der Waals surface area (Å²) in [7, 11) is 0. The monoisotopic (exact) mass is 178 g/mol. The van der Waals surface area contributed by atoms with E-state index in [1.54, 1.807) is 0 Å². The molecule has 0 aromatic heterocycles. The summed E-state index contributed by atoms with van der Waals surface area (Å²) < 4.78 is 8.87. The third-order valence-corrected chi connectivity index (χ3v) is 0. The summed E-state index contributed by atoms with van der Waals surface area (Å²) in [6.45, 7) is -4.67. The first-order chi connectivity index (χ1) is 2.00. The molecule has 0 saturated carbocycles. The molecule has 0 radical (unpaired) electrons. The average Bonchev–Trinajstić information content (AvgIpc) is 0.722. The van der Waals surface area contributed by atoms with Crippen molar-refractivity contribution < 1.29 is 33.8 Å². The number of hydrogen-bond donors (Lipinski definition) is 0. The van der Waals surface area contributed by atoms with Gasteiger partial charge in [0.05, 0.1) is 0 Å². The van der Waals surface area contributed by atoms with Gasteiger partial charge in [0.2, 0.25) is 0 Å². The van der Waals surface area contributed by atoms with Gasteiger partial charge in [-0.25, -0.2) is 0 Å². The Labute approximate surface area is 52.4 Å². The molecule has 0 heterocycles. The Morgan fingerprint density at radius 2 is 1.50 bits per heavy atom. The summed E-state index contributed by atoms with van der Waals surface area (Å²) in [5, 5.41) is 0. The van der Waals surface area contributed by atoms with Gasteiger partial charge >= 0.3 is 19.5 Å². The number of rotatable bonds is 0. The molecule has 0 rings (SSSR count). The Bertz CT molecular complexity index is 56.9. The van der Waals surface area contributed by atoms with Crippen LogP contribution in [0.3, 0.4) is 0 Å². The molecule has 0 aliphatic rings. The molecule has 0 aromatic rings. The zero-order chi connectivity index (χ0) is 4.50.